The van der Waals surface area contributed by atoms with Crippen LogP contribution >= 0.6 is 11.6 Å². The number of hydrogen-bond donors (Lipinski definition) is 3. The molecule has 3 saturated heterocycles. The van der Waals surface area contributed by atoms with Crippen LogP contribution in [0.2, 0.25) is 5.02 Å². The number of piperidine rings is 3. The molecule has 4 heterocycles. The molecule has 0 bridgehead atoms. The largest absolute Gasteiger partial charge is 0.480 e. The fourth-order valence-corrected chi connectivity index (χ4v) is 8.11. The Bertz CT molecular complexity index is 1500. The van der Waals surface area contributed by atoms with Gasteiger partial charge in [-0.2, -0.15) is 0 Å². The summed E-state index contributed by atoms with van der Waals surface area (Å²) in [6, 6.07) is 12.5. The van der Waals surface area contributed by atoms with Crippen LogP contribution in [0, 0.1) is 18.8 Å². The van der Waals surface area contributed by atoms with E-state index in [1.807, 2.05) is 64.1 Å². The minimum atomic E-state index is -0.780. The van der Waals surface area contributed by atoms with Gasteiger partial charge in [-0.1, -0.05) is 41.9 Å². The van der Waals surface area contributed by atoms with Gasteiger partial charge in [0.1, 0.15) is 6.04 Å². The lowest BCUT2D eigenvalue weighted by molar-refractivity contribution is -0.138. The average Bonchev–Trinajstić information content (AvgIpc) is 3.09. The minimum absolute atomic E-state index is 0.0302. The number of anilines is 1. The molecule has 0 spiro atoms. The molecule has 11 nitrogen and oxygen atoms in total. The molecule has 4 aliphatic rings. The van der Waals surface area contributed by atoms with Gasteiger partial charge in [0.25, 0.3) is 0 Å². The first kappa shape index (κ1) is 34.0. The van der Waals surface area contributed by atoms with Crippen LogP contribution in [0.15, 0.2) is 42.5 Å². The van der Waals surface area contributed by atoms with E-state index in [1.54, 1.807) is 4.90 Å². The molecule has 1 unspecified atom stereocenters. The van der Waals surface area contributed by atoms with E-state index in [9.17, 15) is 19.2 Å². The molecule has 0 saturated carbocycles. The van der Waals surface area contributed by atoms with E-state index in [4.69, 9.17) is 16.7 Å². The normalized spacial score (nSPS) is 20.6. The maximum absolute atomic E-state index is 14.1. The number of aliphatic carboxylic acids is 1. The number of benzene rings is 2. The summed E-state index contributed by atoms with van der Waals surface area (Å²) in [7, 11) is 0. The predicted molar refractivity (Wildman–Crippen MR) is 184 cm³/mol. The van der Waals surface area contributed by atoms with Gasteiger partial charge in [-0.15, -0.1) is 0 Å². The molecule has 5 amide bonds. The van der Waals surface area contributed by atoms with Crippen molar-refractivity contribution in [1.82, 2.24) is 24.9 Å². The maximum atomic E-state index is 14.1. The second-order valence-corrected chi connectivity index (χ2v) is 14.3. The van der Waals surface area contributed by atoms with Crippen LogP contribution in [0.1, 0.15) is 55.2 Å². The Morgan fingerprint density at radius 3 is 2.23 bits per heavy atom. The molecule has 12 heteroatoms. The van der Waals surface area contributed by atoms with Crippen LogP contribution < -0.4 is 10.6 Å². The fraction of sp³-hybridized carbons (Fsp3) is 0.556. The molecule has 48 heavy (non-hydrogen) atoms. The van der Waals surface area contributed by atoms with E-state index in [2.05, 4.69) is 10.6 Å². The summed E-state index contributed by atoms with van der Waals surface area (Å²) < 4.78 is 0. The third kappa shape index (κ3) is 8.06. The van der Waals surface area contributed by atoms with Gasteiger partial charge in [0, 0.05) is 55.9 Å². The summed E-state index contributed by atoms with van der Waals surface area (Å²) in [6.45, 7) is 6.50. The zero-order valence-electron chi connectivity index (χ0n) is 27.7. The fourth-order valence-electron chi connectivity index (χ4n) is 7.99. The van der Waals surface area contributed by atoms with Gasteiger partial charge in [0.2, 0.25) is 5.91 Å². The molecule has 3 N–H and O–H groups in total. The number of para-hydroxylation sites is 1. The maximum Gasteiger partial charge on any atom is 0.322 e. The highest BCUT2D eigenvalue weighted by Gasteiger charge is 2.36. The van der Waals surface area contributed by atoms with E-state index >= 15 is 0 Å². The Labute approximate surface area is 287 Å². The molecular weight excluding hydrogens is 632 g/mol. The number of rotatable bonds is 8. The standard InChI is InChI=1S/C36H47ClN6O5/c1-24-20-25(6-7-30(24)37)21-32(34(46)41-16-10-27(11-17-41)26-8-14-40(15-9-26)23-33(44)45)39-35(47)42-18-12-29(13-19-42)43-22-28-4-2-3-5-31(28)38-36(43)48/h2-7,20,26-27,29,32H,8-19,21-23H2,1H3,(H,38,48)(H,39,47)(H,44,45). The molecule has 0 aromatic heterocycles. The number of nitrogens with one attached hydrogen (secondary N) is 2. The first-order chi connectivity index (χ1) is 23.1. The average molecular weight is 679 g/mol. The monoisotopic (exact) mass is 678 g/mol. The number of nitrogens with zero attached hydrogens (tertiary/aromatic N) is 4. The second-order valence-electron chi connectivity index (χ2n) is 13.9. The van der Waals surface area contributed by atoms with E-state index in [0.717, 1.165) is 61.2 Å². The molecule has 3 fully saturated rings. The van der Waals surface area contributed by atoms with Crippen LogP contribution in [-0.2, 0) is 22.6 Å². The third-order valence-corrected chi connectivity index (χ3v) is 11.2. The number of likely N-dealkylation sites (tertiary alicyclic amines) is 3. The highest BCUT2D eigenvalue weighted by Crippen LogP contribution is 2.33. The number of hydrogen-bond acceptors (Lipinski definition) is 5. The zero-order chi connectivity index (χ0) is 33.8. The number of carbonyl (C=O) groups excluding carboxylic acids is 3. The molecule has 0 aliphatic carbocycles. The van der Waals surface area contributed by atoms with Crippen molar-refractivity contribution in [2.75, 3.05) is 51.1 Å². The van der Waals surface area contributed by atoms with Crippen LogP contribution in [0.5, 0.6) is 0 Å². The Kier molecular flexibility index (Phi) is 10.8. The number of carboxylic acids is 1. The summed E-state index contributed by atoms with van der Waals surface area (Å²) in [4.78, 5) is 59.2. The number of carboxylic acid groups (broad SMARTS) is 1. The van der Waals surface area contributed by atoms with Gasteiger partial charge in [0.05, 0.1) is 6.54 Å². The highest BCUT2D eigenvalue weighted by molar-refractivity contribution is 6.31. The first-order valence-corrected chi connectivity index (χ1v) is 17.7. The lowest BCUT2D eigenvalue weighted by Gasteiger charge is -2.41. The van der Waals surface area contributed by atoms with Crippen molar-refractivity contribution in [2.45, 2.75) is 70.5 Å². The number of urea groups is 2. The van der Waals surface area contributed by atoms with Gasteiger partial charge < -0.3 is 30.4 Å². The quantitative estimate of drug-likeness (QED) is 0.368. The van der Waals surface area contributed by atoms with Gasteiger partial charge in [-0.25, -0.2) is 9.59 Å². The van der Waals surface area contributed by atoms with E-state index in [-0.39, 0.29) is 30.6 Å². The topological polar surface area (TPSA) is 126 Å². The van der Waals surface area contributed by atoms with Crippen LogP contribution in [0.3, 0.4) is 0 Å². The van der Waals surface area contributed by atoms with Crippen molar-refractivity contribution in [3.8, 4) is 0 Å². The van der Waals surface area contributed by atoms with Gasteiger partial charge >= 0.3 is 18.0 Å². The SMILES string of the molecule is Cc1cc(CC(NC(=O)N2CCC(N3Cc4ccccc4NC3=O)CC2)C(=O)N2CCC(C3CCN(CC(=O)O)CC3)CC2)ccc1Cl. The molecule has 0 radical (unpaired) electrons. The van der Waals surface area contributed by atoms with Gasteiger partial charge in [-0.3, -0.25) is 14.5 Å². The minimum Gasteiger partial charge on any atom is -0.480 e. The van der Waals surface area contributed by atoms with Crippen LogP contribution in [0.25, 0.3) is 0 Å². The second kappa shape index (κ2) is 15.2. The molecular formula is C36H47ClN6O5. The highest BCUT2D eigenvalue weighted by atomic mass is 35.5. The number of fused-ring (bicyclic) bond motifs is 1. The first-order valence-electron chi connectivity index (χ1n) is 17.3. The lowest BCUT2D eigenvalue weighted by atomic mass is 9.78. The lowest BCUT2D eigenvalue weighted by Crippen LogP contribution is -2.57. The summed E-state index contributed by atoms with van der Waals surface area (Å²) in [5.74, 6) is 0.223. The van der Waals surface area contributed by atoms with Crippen molar-refractivity contribution in [3.63, 3.8) is 0 Å². The summed E-state index contributed by atoms with van der Waals surface area (Å²) in [5.41, 5.74) is 3.80. The zero-order valence-corrected chi connectivity index (χ0v) is 28.5. The molecule has 2 aromatic carbocycles. The third-order valence-electron chi connectivity index (χ3n) is 10.8. The van der Waals surface area contributed by atoms with E-state index in [1.165, 1.54) is 0 Å². The summed E-state index contributed by atoms with van der Waals surface area (Å²) >= 11 is 6.29. The Morgan fingerprint density at radius 2 is 1.56 bits per heavy atom. The smallest absolute Gasteiger partial charge is 0.322 e. The van der Waals surface area contributed by atoms with Crippen molar-refractivity contribution in [2.24, 2.45) is 11.8 Å². The van der Waals surface area contributed by atoms with Crippen LogP contribution in [-0.4, -0.2) is 107 Å². The summed E-state index contributed by atoms with van der Waals surface area (Å²) in [5, 5.41) is 15.9. The number of carbonyl (C=O) groups is 4. The van der Waals surface area contributed by atoms with Gasteiger partial charge in [0.15, 0.2) is 0 Å². The molecule has 1 atom stereocenters. The van der Waals surface area contributed by atoms with Crippen molar-refractivity contribution in [1.29, 1.82) is 0 Å². The predicted octanol–water partition coefficient (Wildman–Crippen LogP) is 4.82. The van der Waals surface area contributed by atoms with Gasteiger partial charge in [-0.05, 0) is 99.2 Å². The molecule has 4 aliphatic heterocycles. The van der Waals surface area contributed by atoms with E-state index < -0.39 is 12.0 Å². The number of amides is 5. The van der Waals surface area contributed by atoms with Crippen molar-refractivity contribution < 1.29 is 24.3 Å². The van der Waals surface area contributed by atoms with Crippen molar-refractivity contribution in [3.05, 3.63) is 64.2 Å². The Balaban J connectivity index is 1.05. The van der Waals surface area contributed by atoms with E-state index in [0.29, 0.717) is 68.8 Å². The number of aryl methyl sites for hydroxylation is 1. The Morgan fingerprint density at radius 1 is 0.917 bits per heavy atom. The van der Waals surface area contributed by atoms with Crippen LogP contribution in [0.4, 0.5) is 15.3 Å². The Hall–Kier alpha value is -3.83. The number of halogens is 1. The van der Waals surface area contributed by atoms with Crippen molar-refractivity contribution >= 4 is 41.2 Å². The molecule has 2 aromatic rings. The summed E-state index contributed by atoms with van der Waals surface area (Å²) in [6.07, 6.45) is 5.52. The molecule has 6 rings (SSSR count). The molecule has 258 valence electrons.